The molecule has 0 unspecified atom stereocenters. The van der Waals surface area contributed by atoms with E-state index in [4.69, 9.17) is 9.97 Å². The Hall–Kier alpha value is -0.920. The van der Waals surface area contributed by atoms with E-state index in [2.05, 4.69) is 41.5 Å². The number of hydrogen-bond acceptors (Lipinski definition) is 2. The van der Waals surface area contributed by atoms with Gasteiger partial charge in [0.05, 0.1) is 22.8 Å². The summed E-state index contributed by atoms with van der Waals surface area (Å²) in [7, 11) is 0. The highest BCUT2D eigenvalue weighted by molar-refractivity contribution is 5.24. The minimum absolute atomic E-state index is 0.467. The standard InChI is InChI=1S/C14H24N2/c1-7-11-13(9(3)4)16-12(8-2)14(15-11)10(5)6/h9-10H,7-8H2,1-6H3. The van der Waals surface area contributed by atoms with E-state index in [0.717, 1.165) is 12.8 Å². The van der Waals surface area contributed by atoms with Gasteiger partial charge >= 0.3 is 0 Å². The summed E-state index contributed by atoms with van der Waals surface area (Å²) in [6.07, 6.45) is 1.95. The van der Waals surface area contributed by atoms with Crippen molar-refractivity contribution in [1.29, 1.82) is 0 Å². The lowest BCUT2D eigenvalue weighted by Crippen LogP contribution is -2.11. The lowest BCUT2D eigenvalue weighted by atomic mass is 10.0. The largest absolute Gasteiger partial charge is 0.254 e. The minimum atomic E-state index is 0.467. The molecule has 0 saturated carbocycles. The summed E-state index contributed by atoms with van der Waals surface area (Å²) in [4.78, 5) is 9.64. The van der Waals surface area contributed by atoms with E-state index in [1.807, 2.05) is 0 Å². The molecule has 0 aliphatic rings. The monoisotopic (exact) mass is 220 g/mol. The van der Waals surface area contributed by atoms with Crippen LogP contribution in [0.25, 0.3) is 0 Å². The third kappa shape index (κ3) is 2.60. The zero-order chi connectivity index (χ0) is 12.3. The van der Waals surface area contributed by atoms with Crippen molar-refractivity contribution in [2.75, 3.05) is 0 Å². The average Bonchev–Trinajstić information content (AvgIpc) is 2.26. The molecule has 1 heterocycles. The molecule has 0 amide bonds. The molecular weight excluding hydrogens is 196 g/mol. The number of nitrogens with zero attached hydrogens (tertiary/aromatic N) is 2. The number of aryl methyl sites for hydroxylation is 2. The first-order valence-electron chi connectivity index (χ1n) is 6.40. The fourth-order valence-corrected chi connectivity index (χ4v) is 1.98. The third-order valence-corrected chi connectivity index (χ3v) is 2.87. The maximum atomic E-state index is 4.82. The van der Waals surface area contributed by atoms with Crippen molar-refractivity contribution in [3.8, 4) is 0 Å². The van der Waals surface area contributed by atoms with Crippen LogP contribution in [-0.2, 0) is 12.8 Å². The first-order valence-corrected chi connectivity index (χ1v) is 6.40. The molecule has 1 aromatic rings. The van der Waals surface area contributed by atoms with Crippen molar-refractivity contribution in [2.45, 2.75) is 66.2 Å². The molecule has 0 N–H and O–H groups in total. The van der Waals surface area contributed by atoms with Crippen molar-refractivity contribution < 1.29 is 0 Å². The van der Waals surface area contributed by atoms with Crippen LogP contribution in [-0.4, -0.2) is 9.97 Å². The van der Waals surface area contributed by atoms with Crippen LogP contribution >= 0.6 is 0 Å². The molecule has 16 heavy (non-hydrogen) atoms. The molecule has 0 aromatic carbocycles. The normalized spacial score (nSPS) is 11.5. The molecule has 1 aromatic heterocycles. The van der Waals surface area contributed by atoms with Crippen LogP contribution in [0.3, 0.4) is 0 Å². The molecule has 0 saturated heterocycles. The molecule has 1 rings (SSSR count). The Labute approximate surface area is 99.5 Å². The molecule has 0 fully saturated rings. The Morgan fingerprint density at radius 3 is 1.25 bits per heavy atom. The zero-order valence-electron chi connectivity index (χ0n) is 11.5. The molecule has 2 nitrogen and oxygen atoms in total. The van der Waals surface area contributed by atoms with Crippen molar-refractivity contribution in [1.82, 2.24) is 9.97 Å². The van der Waals surface area contributed by atoms with Crippen molar-refractivity contribution >= 4 is 0 Å². The van der Waals surface area contributed by atoms with Crippen LogP contribution in [0.1, 0.15) is 76.2 Å². The first kappa shape index (κ1) is 13.1. The van der Waals surface area contributed by atoms with Gasteiger partial charge in [-0.3, -0.25) is 9.97 Å². The van der Waals surface area contributed by atoms with Gasteiger partial charge in [0.1, 0.15) is 0 Å². The molecule has 0 atom stereocenters. The fourth-order valence-electron chi connectivity index (χ4n) is 1.98. The van der Waals surface area contributed by atoms with Crippen molar-refractivity contribution in [3.63, 3.8) is 0 Å². The van der Waals surface area contributed by atoms with Crippen LogP contribution in [0.2, 0.25) is 0 Å². The molecular formula is C14H24N2. The van der Waals surface area contributed by atoms with E-state index in [1.165, 1.54) is 22.8 Å². The summed E-state index contributed by atoms with van der Waals surface area (Å²) in [5, 5.41) is 0. The fraction of sp³-hybridized carbons (Fsp3) is 0.714. The smallest absolute Gasteiger partial charge is 0.0647 e. The van der Waals surface area contributed by atoms with Gasteiger partial charge in [0.2, 0.25) is 0 Å². The van der Waals surface area contributed by atoms with E-state index in [-0.39, 0.29) is 0 Å². The Kier molecular flexibility index (Phi) is 4.45. The average molecular weight is 220 g/mol. The lowest BCUT2D eigenvalue weighted by molar-refractivity contribution is 0.709. The van der Waals surface area contributed by atoms with Gasteiger partial charge in [-0.2, -0.15) is 0 Å². The van der Waals surface area contributed by atoms with E-state index < -0.39 is 0 Å². The summed E-state index contributed by atoms with van der Waals surface area (Å²) in [5.74, 6) is 0.933. The van der Waals surface area contributed by atoms with Gasteiger partial charge in [-0.1, -0.05) is 41.5 Å². The number of aromatic nitrogens is 2. The second-order valence-electron chi connectivity index (χ2n) is 4.90. The van der Waals surface area contributed by atoms with Gasteiger partial charge in [0.25, 0.3) is 0 Å². The van der Waals surface area contributed by atoms with Gasteiger partial charge < -0.3 is 0 Å². The molecule has 0 spiro atoms. The topological polar surface area (TPSA) is 25.8 Å². The highest BCUT2D eigenvalue weighted by Gasteiger charge is 2.15. The highest BCUT2D eigenvalue weighted by atomic mass is 14.9. The summed E-state index contributed by atoms with van der Waals surface area (Å²) in [6.45, 7) is 13.1. The summed E-state index contributed by atoms with van der Waals surface area (Å²) in [6, 6.07) is 0. The molecule has 0 aliphatic heterocycles. The highest BCUT2D eigenvalue weighted by Crippen LogP contribution is 2.22. The Morgan fingerprint density at radius 1 is 0.750 bits per heavy atom. The summed E-state index contributed by atoms with van der Waals surface area (Å²) < 4.78 is 0. The van der Waals surface area contributed by atoms with E-state index >= 15 is 0 Å². The van der Waals surface area contributed by atoms with Crippen LogP contribution in [0.5, 0.6) is 0 Å². The third-order valence-electron chi connectivity index (χ3n) is 2.87. The molecule has 0 bridgehead atoms. The maximum absolute atomic E-state index is 4.82. The summed E-state index contributed by atoms with van der Waals surface area (Å²) in [5.41, 5.74) is 4.72. The van der Waals surface area contributed by atoms with E-state index in [1.54, 1.807) is 0 Å². The van der Waals surface area contributed by atoms with Crippen LogP contribution in [0, 0.1) is 0 Å². The molecule has 2 heteroatoms. The maximum Gasteiger partial charge on any atom is 0.0647 e. The van der Waals surface area contributed by atoms with E-state index in [0.29, 0.717) is 11.8 Å². The van der Waals surface area contributed by atoms with Crippen molar-refractivity contribution in [2.24, 2.45) is 0 Å². The van der Waals surface area contributed by atoms with Crippen LogP contribution < -0.4 is 0 Å². The quantitative estimate of drug-likeness (QED) is 0.770. The molecule has 0 aliphatic carbocycles. The van der Waals surface area contributed by atoms with Gasteiger partial charge in [0.15, 0.2) is 0 Å². The van der Waals surface area contributed by atoms with Crippen LogP contribution in [0.15, 0.2) is 0 Å². The van der Waals surface area contributed by atoms with Gasteiger partial charge in [0, 0.05) is 0 Å². The Balaban J connectivity index is 3.34. The minimum Gasteiger partial charge on any atom is -0.254 e. The van der Waals surface area contributed by atoms with Crippen molar-refractivity contribution in [3.05, 3.63) is 22.8 Å². The predicted molar refractivity (Wildman–Crippen MR) is 69.0 cm³/mol. The Morgan fingerprint density at radius 2 is 1.06 bits per heavy atom. The number of rotatable bonds is 4. The first-order chi connectivity index (χ1) is 7.51. The summed E-state index contributed by atoms with van der Waals surface area (Å²) >= 11 is 0. The van der Waals surface area contributed by atoms with Gasteiger partial charge in [-0.15, -0.1) is 0 Å². The SMILES string of the molecule is CCc1nc(C(C)C)c(CC)nc1C(C)C. The van der Waals surface area contributed by atoms with Gasteiger partial charge in [-0.05, 0) is 24.7 Å². The zero-order valence-corrected chi connectivity index (χ0v) is 11.5. The number of hydrogen-bond donors (Lipinski definition) is 0. The second-order valence-corrected chi connectivity index (χ2v) is 4.90. The Bertz CT molecular complexity index is 318. The van der Waals surface area contributed by atoms with Gasteiger partial charge in [-0.25, -0.2) is 0 Å². The lowest BCUT2D eigenvalue weighted by Gasteiger charge is -2.16. The predicted octanol–water partition coefficient (Wildman–Crippen LogP) is 3.85. The van der Waals surface area contributed by atoms with Crippen LogP contribution in [0.4, 0.5) is 0 Å². The molecule has 90 valence electrons. The van der Waals surface area contributed by atoms with E-state index in [9.17, 15) is 0 Å². The second kappa shape index (κ2) is 5.42. The molecule has 0 radical (unpaired) electrons.